The molecular formula is C17H19N2O5S-. The Balaban J connectivity index is 2.28. The summed E-state index contributed by atoms with van der Waals surface area (Å²) in [6, 6.07) is 5.14. The molecule has 7 nitrogen and oxygen atoms in total. The summed E-state index contributed by atoms with van der Waals surface area (Å²) in [5.74, 6) is 0.206. The first kappa shape index (κ1) is 18.9. The number of aryl methyl sites for hydroxylation is 1. The van der Waals surface area contributed by atoms with Crippen LogP contribution in [0.15, 0.2) is 32.7 Å². The highest BCUT2D eigenvalue weighted by Gasteiger charge is 2.11. The first-order chi connectivity index (χ1) is 11.9. The third-order valence-corrected chi connectivity index (χ3v) is 3.84. The zero-order chi connectivity index (χ0) is 18.4. The maximum Gasteiger partial charge on any atom is 0.281 e. The number of thioether (sulfide) groups is 1. The molecule has 0 fully saturated rings. The van der Waals surface area contributed by atoms with Crippen molar-refractivity contribution in [1.82, 2.24) is 10.2 Å². The van der Waals surface area contributed by atoms with E-state index in [9.17, 15) is 9.90 Å². The first-order valence-corrected chi connectivity index (χ1v) is 8.52. The Morgan fingerprint density at radius 1 is 1.36 bits per heavy atom. The molecule has 0 bridgehead atoms. The quantitative estimate of drug-likeness (QED) is 0.520. The van der Waals surface area contributed by atoms with E-state index in [1.54, 1.807) is 18.2 Å². The van der Waals surface area contributed by atoms with Gasteiger partial charge in [0.25, 0.3) is 5.22 Å². The molecule has 134 valence electrons. The van der Waals surface area contributed by atoms with Crippen molar-refractivity contribution < 1.29 is 23.8 Å². The van der Waals surface area contributed by atoms with Gasteiger partial charge in [0, 0.05) is 11.3 Å². The summed E-state index contributed by atoms with van der Waals surface area (Å²) in [4.78, 5) is 11.4. The SMILES string of the molecule is CCc1nnc(S/C(=C/c2ccc(OC(C)C)c(OC)c2)C(=O)[O-])o1. The molecule has 0 spiro atoms. The van der Waals surface area contributed by atoms with Crippen LogP contribution in [0.5, 0.6) is 11.5 Å². The van der Waals surface area contributed by atoms with E-state index in [-0.39, 0.29) is 16.2 Å². The molecule has 0 aliphatic heterocycles. The maximum absolute atomic E-state index is 11.4. The van der Waals surface area contributed by atoms with Crippen LogP contribution in [0, 0.1) is 0 Å². The number of carboxylic acid groups (broad SMARTS) is 1. The lowest BCUT2D eigenvalue weighted by molar-refractivity contribution is -0.298. The Kier molecular flexibility index (Phi) is 6.46. The molecule has 0 saturated heterocycles. The van der Waals surface area contributed by atoms with Gasteiger partial charge in [-0.25, -0.2) is 0 Å². The summed E-state index contributed by atoms with van der Waals surface area (Å²) in [6.07, 6.45) is 2.03. The van der Waals surface area contributed by atoms with Gasteiger partial charge >= 0.3 is 0 Å². The highest BCUT2D eigenvalue weighted by molar-refractivity contribution is 8.03. The fourth-order valence-electron chi connectivity index (χ4n) is 1.92. The Labute approximate surface area is 150 Å². The molecule has 1 heterocycles. The van der Waals surface area contributed by atoms with Crippen LogP contribution in [0.25, 0.3) is 6.08 Å². The number of methoxy groups -OCH3 is 1. The molecule has 0 aliphatic rings. The summed E-state index contributed by atoms with van der Waals surface area (Å²) in [5.41, 5.74) is 0.620. The average molecular weight is 363 g/mol. The lowest BCUT2D eigenvalue weighted by Crippen LogP contribution is -2.23. The molecule has 2 rings (SSSR count). The van der Waals surface area contributed by atoms with Gasteiger partial charge in [0.1, 0.15) is 0 Å². The number of benzene rings is 1. The predicted octanol–water partition coefficient (Wildman–Crippen LogP) is 2.31. The van der Waals surface area contributed by atoms with Crippen molar-refractivity contribution in [2.45, 2.75) is 38.5 Å². The summed E-state index contributed by atoms with van der Waals surface area (Å²) >= 11 is 0.843. The van der Waals surface area contributed by atoms with Crippen LogP contribution in [-0.2, 0) is 11.2 Å². The second-order valence-corrected chi connectivity index (χ2v) is 6.28. The number of carboxylic acids is 1. The van der Waals surface area contributed by atoms with E-state index < -0.39 is 5.97 Å². The van der Waals surface area contributed by atoms with Crippen LogP contribution >= 0.6 is 11.8 Å². The number of rotatable bonds is 8. The minimum atomic E-state index is -1.33. The molecule has 1 aromatic heterocycles. The Hall–Kier alpha value is -2.48. The molecule has 0 amide bonds. The van der Waals surface area contributed by atoms with Crippen molar-refractivity contribution >= 4 is 23.8 Å². The van der Waals surface area contributed by atoms with E-state index in [2.05, 4.69) is 10.2 Å². The first-order valence-electron chi connectivity index (χ1n) is 7.70. The molecule has 0 atom stereocenters. The monoisotopic (exact) mass is 363 g/mol. The van der Waals surface area contributed by atoms with Gasteiger partial charge in [0.2, 0.25) is 5.89 Å². The zero-order valence-electron chi connectivity index (χ0n) is 14.4. The number of carbonyl (C=O) groups excluding carboxylic acids is 1. The van der Waals surface area contributed by atoms with Crippen LogP contribution in [0.3, 0.4) is 0 Å². The van der Waals surface area contributed by atoms with Gasteiger partial charge in [-0.3, -0.25) is 0 Å². The molecule has 8 heteroatoms. The summed E-state index contributed by atoms with van der Waals surface area (Å²) in [6.45, 7) is 5.69. The van der Waals surface area contributed by atoms with Crippen molar-refractivity contribution in [3.63, 3.8) is 0 Å². The molecule has 0 unspecified atom stereocenters. The van der Waals surface area contributed by atoms with Crippen LogP contribution in [0.2, 0.25) is 0 Å². The smallest absolute Gasteiger partial charge is 0.281 e. The summed E-state index contributed by atoms with van der Waals surface area (Å²) < 4.78 is 16.3. The van der Waals surface area contributed by atoms with Gasteiger partial charge in [0.15, 0.2) is 11.5 Å². The highest BCUT2D eigenvalue weighted by atomic mass is 32.2. The number of aromatic nitrogens is 2. The fraction of sp³-hybridized carbons (Fsp3) is 0.353. The molecule has 0 aliphatic carbocycles. The van der Waals surface area contributed by atoms with E-state index in [4.69, 9.17) is 13.9 Å². The van der Waals surface area contributed by atoms with Crippen molar-refractivity contribution in [3.8, 4) is 11.5 Å². The van der Waals surface area contributed by atoms with Gasteiger partial charge < -0.3 is 23.8 Å². The zero-order valence-corrected chi connectivity index (χ0v) is 15.3. The van der Waals surface area contributed by atoms with Gasteiger partial charge in [-0.1, -0.05) is 13.0 Å². The average Bonchev–Trinajstić information content (AvgIpc) is 3.02. The topological polar surface area (TPSA) is 97.5 Å². The number of hydrogen-bond donors (Lipinski definition) is 0. The summed E-state index contributed by atoms with van der Waals surface area (Å²) in [7, 11) is 1.52. The standard InChI is InChI=1S/C17H20N2O5S/c1-5-15-18-19-17(24-15)25-14(16(20)21)9-11-6-7-12(23-10(2)3)13(8-11)22-4/h6-10H,5H2,1-4H3,(H,20,21)/p-1/b14-9+. The highest BCUT2D eigenvalue weighted by Crippen LogP contribution is 2.32. The van der Waals surface area contributed by atoms with E-state index in [1.807, 2.05) is 20.8 Å². The third kappa shape index (κ3) is 5.25. The Bertz CT molecular complexity index is 770. The predicted molar refractivity (Wildman–Crippen MR) is 91.3 cm³/mol. The third-order valence-electron chi connectivity index (χ3n) is 3.00. The molecule has 2 aromatic rings. The van der Waals surface area contributed by atoms with Crippen molar-refractivity contribution in [1.29, 1.82) is 0 Å². The summed E-state index contributed by atoms with van der Waals surface area (Å²) in [5, 5.41) is 19.2. The van der Waals surface area contributed by atoms with Gasteiger partial charge in [0.05, 0.1) is 19.2 Å². The Morgan fingerprint density at radius 3 is 2.68 bits per heavy atom. The molecule has 1 aromatic carbocycles. The molecular weight excluding hydrogens is 344 g/mol. The van der Waals surface area contributed by atoms with E-state index in [0.717, 1.165) is 11.8 Å². The van der Waals surface area contributed by atoms with E-state index in [1.165, 1.54) is 13.2 Å². The van der Waals surface area contributed by atoms with Gasteiger partial charge in [-0.2, -0.15) is 0 Å². The van der Waals surface area contributed by atoms with Crippen LogP contribution in [0.1, 0.15) is 32.2 Å². The van der Waals surface area contributed by atoms with Crippen LogP contribution < -0.4 is 14.6 Å². The largest absolute Gasteiger partial charge is 0.544 e. The fourth-order valence-corrected chi connectivity index (χ4v) is 2.61. The van der Waals surface area contributed by atoms with Gasteiger partial charge in [-0.05, 0) is 49.4 Å². The molecule has 0 saturated carbocycles. The molecule has 0 radical (unpaired) electrons. The number of carbonyl (C=O) groups is 1. The number of hydrogen-bond acceptors (Lipinski definition) is 8. The van der Waals surface area contributed by atoms with Crippen LogP contribution in [-0.4, -0.2) is 29.4 Å². The lowest BCUT2D eigenvalue weighted by Gasteiger charge is -2.14. The normalized spacial score (nSPS) is 11.6. The second-order valence-electron chi connectivity index (χ2n) is 5.29. The van der Waals surface area contributed by atoms with Crippen LogP contribution in [0.4, 0.5) is 0 Å². The minimum absolute atomic E-state index is 0.00471. The number of nitrogens with zero attached hydrogens (tertiary/aromatic N) is 2. The lowest BCUT2D eigenvalue weighted by atomic mass is 10.2. The van der Waals surface area contributed by atoms with E-state index >= 15 is 0 Å². The van der Waals surface area contributed by atoms with Crippen molar-refractivity contribution in [2.24, 2.45) is 0 Å². The van der Waals surface area contributed by atoms with Gasteiger partial charge in [-0.15, -0.1) is 10.2 Å². The molecule has 25 heavy (non-hydrogen) atoms. The Morgan fingerprint density at radius 2 is 2.12 bits per heavy atom. The molecule has 0 N–H and O–H groups in total. The van der Waals surface area contributed by atoms with E-state index in [0.29, 0.717) is 29.4 Å². The number of ether oxygens (including phenoxy) is 2. The van der Waals surface area contributed by atoms with Crippen molar-refractivity contribution in [3.05, 3.63) is 34.6 Å². The maximum atomic E-state index is 11.4. The minimum Gasteiger partial charge on any atom is -0.544 e. The number of aliphatic carboxylic acids is 1. The van der Waals surface area contributed by atoms with Crippen molar-refractivity contribution in [2.75, 3.05) is 7.11 Å². The second kappa shape index (κ2) is 8.57.